The summed E-state index contributed by atoms with van der Waals surface area (Å²) in [5.41, 5.74) is 3.96. The van der Waals surface area contributed by atoms with Gasteiger partial charge in [0.1, 0.15) is 10.8 Å². The minimum absolute atomic E-state index is 0.000201. The molecule has 0 fully saturated rings. The maximum Gasteiger partial charge on any atom is 0.224 e. The molecule has 1 aromatic heterocycles. The molecule has 128 valence electrons. The average molecular weight is 352 g/mol. The van der Waals surface area contributed by atoms with E-state index in [1.807, 2.05) is 60.8 Å². The van der Waals surface area contributed by atoms with Crippen LogP contribution in [-0.4, -0.2) is 18.0 Å². The Balaban J connectivity index is 1.57. The van der Waals surface area contributed by atoms with Crippen molar-refractivity contribution in [2.75, 3.05) is 12.4 Å². The maximum absolute atomic E-state index is 12.1. The van der Waals surface area contributed by atoms with Gasteiger partial charge >= 0.3 is 0 Å². The Morgan fingerprint density at radius 2 is 2.00 bits per heavy atom. The molecule has 0 aliphatic carbocycles. The van der Waals surface area contributed by atoms with Crippen LogP contribution in [0.1, 0.15) is 17.7 Å². The molecule has 4 nitrogen and oxygen atoms in total. The van der Waals surface area contributed by atoms with Gasteiger partial charge in [-0.3, -0.25) is 4.79 Å². The number of aryl methyl sites for hydroxylation is 2. The lowest BCUT2D eigenvalue weighted by atomic mass is 10.2. The lowest BCUT2D eigenvalue weighted by molar-refractivity contribution is -0.116. The zero-order valence-corrected chi connectivity index (χ0v) is 15.1. The summed E-state index contributed by atoms with van der Waals surface area (Å²) in [5, 5.41) is 5.86. The normalized spacial score (nSPS) is 10.5. The van der Waals surface area contributed by atoms with Crippen molar-refractivity contribution in [2.24, 2.45) is 0 Å². The molecular formula is C20H20N2O2S. The molecule has 3 aromatic rings. The number of hydrogen-bond acceptors (Lipinski definition) is 4. The van der Waals surface area contributed by atoms with Crippen molar-refractivity contribution >= 4 is 22.9 Å². The molecule has 0 saturated heterocycles. The number of amides is 1. The largest absolute Gasteiger partial charge is 0.497 e. The summed E-state index contributed by atoms with van der Waals surface area (Å²) < 4.78 is 5.25. The van der Waals surface area contributed by atoms with Gasteiger partial charge in [-0.05, 0) is 37.6 Å². The Labute approximate surface area is 151 Å². The van der Waals surface area contributed by atoms with Crippen molar-refractivity contribution in [3.8, 4) is 16.3 Å². The fraction of sp³-hybridized carbons (Fsp3) is 0.200. The second-order valence-corrected chi connectivity index (χ2v) is 6.65. The van der Waals surface area contributed by atoms with Crippen LogP contribution in [-0.2, 0) is 11.2 Å². The number of thiazole rings is 1. The Morgan fingerprint density at radius 3 is 2.76 bits per heavy atom. The van der Waals surface area contributed by atoms with Crippen molar-refractivity contribution in [3.05, 3.63) is 65.2 Å². The van der Waals surface area contributed by atoms with Crippen molar-refractivity contribution in [1.29, 1.82) is 0 Å². The molecule has 0 atom stereocenters. The molecule has 5 heteroatoms. The van der Waals surface area contributed by atoms with Gasteiger partial charge in [0, 0.05) is 23.1 Å². The first-order chi connectivity index (χ1) is 12.1. The van der Waals surface area contributed by atoms with E-state index in [4.69, 9.17) is 4.74 Å². The third-order valence-electron chi connectivity index (χ3n) is 3.81. The molecule has 0 spiro atoms. The van der Waals surface area contributed by atoms with Crippen LogP contribution in [0, 0.1) is 6.92 Å². The highest BCUT2D eigenvalue weighted by atomic mass is 32.1. The van der Waals surface area contributed by atoms with Gasteiger partial charge in [0.05, 0.1) is 12.8 Å². The first-order valence-corrected chi connectivity index (χ1v) is 8.97. The predicted octanol–water partition coefficient (Wildman–Crippen LogP) is 4.70. The van der Waals surface area contributed by atoms with E-state index in [0.29, 0.717) is 12.8 Å². The molecule has 0 aliphatic heterocycles. The molecule has 25 heavy (non-hydrogen) atoms. The molecule has 2 aromatic carbocycles. The number of nitrogens with zero attached hydrogens (tertiary/aromatic N) is 1. The number of carbonyl (C=O) groups is 1. The molecule has 0 saturated carbocycles. The molecule has 1 heterocycles. The third-order valence-corrected chi connectivity index (χ3v) is 4.75. The fourth-order valence-electron chi connectivity index (χ4n) is 2.41. The monoisotopic (exact) mass is 352 g/mol. The van der Waals surface area contributed by atoms with Gasteiger partial charge in [-0.25, -0.2) is 4.98 Å². The van der Waals surface area contributed by atoms with Crippen LogP contribution >= 0.6 is 11.3 Å². The van der Waals surface area contributed by atoms with Crippen molar-refractivity contribution in [2.45, 2.75) is 19.8 Å². The second kappa shape index (κ2) is 7.94. The molecule has 3 rings (SSSR count). The van der Waals surface area contributed by atoms with Gasteiger partial charge in [-0.2, -0.15) is 0 Å². The number of ether oxygens (including phenoxy) is 1. The molecule has 0 aliphatic rings. The summed E-state index contributed by atoms with van der Waals surface area (Å²) in [6.07, 6.45) is 1.04. The molecule has 0 bridgehead atoms. The van der Waals surface area contributed by atoms with Crippen LogP contribution in [0.15, 0.2) is 53.9 Å². The second-order valence-electron chi connectivity index (χ2n) is 5.79. The van der Waals surface area contributed by atoms with Gasteiger partial charge in [0.2, 0.25) is 5.91 Å². The van der Waals surface area contributed by atoms with Crippen LogP contribution in [0.5, 0.6) is 5.75 Å². The lowest BCUT2D eigenvalue weighted by Crippen LogP contribution is -2.12. The summed E-state index contributed by atoms with van der Waals surface area (Å²) >= 11 is 1.58. The first kappa shape index (κ1) is 17.2. The number of anilines is 1. The van der Waals surface area contributed by atoms with Crippen molar-refractivity contribution < 1.29 is 9.53 Å². The number of rotatable bonds is 6. The molecular weight excluding hydrogens is 332 g/mol. The van der Waals surface area contributed by atoms with E-state index in [1.165, 1.54) is 5.56 Å². The van der Waals surface area contributed by atoms with Crippen LogP contribution < -0.4 is 10.1 Å². The third kappa shape index (κ3) is 4.67. The van der Waals surface area contributed by atoms with Crippen molar-refractivity contribution in [3.63, 3.8) is 0 Å². The summed E-state index contributed by atoms with van der Waals surface area (Å²) in [6.45, 7) is 2.02. The van der Waals surface area contributed by atoms with Crippen LogP contribution in [0.3, 0.4) is 0 Å². The number of benzene rings is 2. The SMILES string of the molecule is COc1cccc(-c2nc(CCC(=O)Nc3ccc(C)cc3)cs2)c1. The summed E-state index contributed by atoms with van der Waals surface area (Å²) in [6, 6.07) is 15.6. The van der Waals surface area contributed by atoms with Gasteiger partial charge in [0.25, 0.3) is 0 Å². The number of carbonyl (C=O) groups excluding carboxylic acids is 1. The Bertz CT molecular complexity index is 856. The van der Waals surface area contributed by atoms with Crippen molar-refractivity contribution in [1.82, 2.24) is 4.98 Å². The number of nitrogens with one attached hydrogen (secondary N) is 1. The number of aromatic nitrogens is 1. The quantitative estimate of drug-likeness (QED) is 0.700. The Morgan fingerprint density at radius 1 is 1.20 bits per heavy atom. The zero-order chi connectivity index (χ0) is 17.6. The van der Waals surface area contributed by atoms with Gasteiger partial charge < -0.3 is 10.1 Å². The Kier molecular flexibility index (Phi) is 5.46. The molecule has 0 unspecified atom stereocenters. The average Bonchev–Trinajstić information content (AvgIpc) is 3.11. The topological polar surface area (TPSA) is 51.2 Å². The summed E-state index contributed by atoms with van der Waals surface area (Å²) in [4.78, 5) is 16.7. The van der Waals surface area contributed by atoms with Crippen LogP contribution in [0.25, 0.3) is 10.6 Å². The van der Waals surface area contributed by atoms with Gasteiger partial charge in [-0.1, -0.05) is 29.8 Å². The molecule has 1 N–H and O–H groups in total. The van der Waals surface area contributed by atoms with Crippen LogP contribution in [0.4, 0.5) is 5.69 Å². The molecule has 0 radical (unpaired) electrons. The highest BCUT2D eigenvalue weighted by molar-refractivity contribution is 7.13. The Hall–Kier alpha value is -2.66. The van der Waals surface area contributed by atoms with E-state index in [2.05, 4.69) is 10.3 Å². The fourth-order valence-corrected chi connectivity index (χ4v) is 3.26. The smallest absolute Gasteiger partial charge is 0.224 e. The number of hydrogen-bond donors (Lipinski definition) is 1. The summed E-state index contributed by atoms with van der Waals surface area (Å²) in [5.74, 6) is 0.812. The summed E-state index contributed by atoms with van der Waals surface area (Å²) in [7, 11) is 1.65. The first-order valence-electron chi connectivity index (χ1n) is 8.09. The van der Waals surface area contributed by atoms with Crippen LogP contribution in [0.2, 0.25) is 0 Å². The van der Waals surface area contributed by atoms with E-state index >= 15 is 0 Å². The highest BCUT2D eigenvalue weighted by Gasteiger charge is 2.08. The van der Waals surface area contributed by atoms with Gasteiger partial charge in [-0.15, -0.1) is 11.3 Å². The molecule has 1 amide bonds. The highest BCUT2D eigenvalue weighted by Crippen LogP contribution is 2.27. The number of methoxy groups -OCH3 is 1. The minimum atomic E-state index is -0.000201. The van der Waals surface area contributed by atoms with E-state index < -0.39 is 0 Å². The van der Waals surface area contributed by atoms with E-state index in [1.54, 1.807) is 18.4 Å². The zero-order valence-electron chi connectivity index (χ0n) is 14.3. The lowest BCUT2D eigenvalue weighted by Gasteiger charge is -2.04. The maximum atomic E-state index is 12.1. The van der Waals surface area contributed by atoms with E-state index in [0.717, 1.165) is 27.7 Å². The minimum Gasteiger partial charge on any atom is -0.497 e. The predicted molar refractivity (Wildman–Crippen MR) is 102 cm³/mol. The van der Waals surface area contributed by atoms with Gasteiger partial charge in [0.15, 0.2) is 0 Å². The standard InChI is InChI=1S/C20H20N2O2S/c1-14-6-8-16(9-7-14)21-19(23)11-10-17-13-25-20(22-17)15-4-3-5-18(12-15)24-2/h3-9,12-13H,10-11H2,1-2H3,(H,21,23). The van der Waals surface area contributed by atoms with E-state index in [-0.39, 0.29) is 5.91 Å². The van der Waals surface area contributed by atoms with E-state index in [9.17, 15) is 4.79 Å².